The highest BCUT2D eigenvalue weighted by Crippen LogP contribution is 2.15. The van der Waals surface area contributed by atoms with E-state index in [0.717, 1.165) is 0 Å². The number of fused-ring (bicyclic) bond motifs is 1. The van der Waals surface area contributed by atoms with E-state index in [-0.39, 0.29) is 18.0 Å². The van der Waals surface area contributed by atoms with Crippen molar-refractivity contribution < 1.29 is 9.53 Å². The summed E-state index contributed by atoms with van der Waals surface area (Å²) in [6, 6.07) is 14.1. The van der Waals surface area contributed by atoms with E-state index >= 15 is 0 Å². The third-order valence-corrected chi connectivity index (χ3v) is 4.36. The summed E-state index contributed by atoms with van der Waals surface area (Å²) in [5, 5.41) is 3.90. The topological polar surface area (TPSA) is 87.3 Å². The van der Waals surface area contributed by atoms with E-state index in [1.807, 2.05) is 11.0 Å². The quantitative estimate of drug-likeness (QED) is 0.607. The standard InChI is InChI=1S/C20H21ClN4O3/c1-28-10-9-25(13-19(26)22-15-6-4-5-14(21)11-15)12-18-23-17-8-3-2-7-16(17)20(27)24-18/h2-8,11H,9-10,12-13H2,1H3,(H,22,26)(H,23,24,27). The van der Waals surface area contributed by atoms with E-state index in [2.05, 4.69) is 15.3 Å². The van der Waals surface area contributed by atoms with E-state index in [1.165, 1.54) is 0 Å². The molecule has 0 fully saturated rings. The highest BCUT2D eigenvalue weighted by atomic mass is 35.5. The number of para-hydroxylation sites is 1. The number of aromatic amines is 1. The summed E-state index contributed by atoms with van der Waals surface area (Å²) >= 11 is 5.95. The molecule has 0 unspecified atom stereocenters. The molecule has 1 aromatic heterocycles. The van der Waals surface area contributed by atoms with E-state index in [4.69, 9.17) is 16.3 Å². The van der Waals surface area contributed by atoms with Crippen molar-refractivity contribution in [2.75, 3.05) is 32.1 Å². The third kappa shape index (κ3) is 5.39. The number of nitrogens with one attached hydrogen (secondary N) is 2. The molecule has 0 aliphatic heterocycles. The van der Waals surface area contributed by atoms with Gasteiger partial charge in [0, 0.05) is 24.4 Å². The van der Waals surface area contributed by atoms with Gasteiger partial charge in [-0.15, -0.1) is 0 Å². The predicted molar refractivity (Wildman–Crippen MR) is 110 cm³/mol. The van der Waals surface area contributed by atoms with E-state index in [9.17, 15) is 9.59 Å². The Balaban J connectivity index is 1.73. The van der Waals surface area contributed by atoms with Crippen LogP contribution in [0, 0.1) is 0 Å². The smallest absolute Gasteiger partial charge is 0.258 e. The van der Waals surface area contributed by atoms with Gasteiger partial charge in [-0.05, 0) is 30.3 Å². The molecule has 0 saturated heterocycles. The number of carbonyl (C=O) groups is 1. The number of ether oxygens (including phenoxy) is 1. The Hall–Kier alpha value is -2.74. The molecule has 0 radical (unpaired) electrons. The van der Waals surface area contributed by atoms with Crippen molar-refractivity contribution in [2.24, 2.45) is 0 Å². The number of H-pyrrole nitrogens is 1. The van der Waals surface area contributed by atoms with Crippen LogP contribution in [0.25, 0.3) is 10.9 Å². The van der Waals surface area contributed by atoms with Gasteiger partial charge in [0.25, 0.3) is 5.56 Å². The van der Waals surface area contributed by atoms with Crippen LogP contribution in [0.5, 0.6) is 0 Å². The maximum Gasteiger partial charge on any atom is 0.258 e. The Labute approximate surface area is 167 Å². The van der Waals surface area contributed by atoms with Gasteiger partial charge < -0.3 is 15.0 Å². The van der Waals surface area contributed by atoms with Crippen molar-refractivity contribution in [2.45, 2.75) is 6.54 Å². The van der Waals surface area contributed by atoms with Gasteiger partial charge in [-0.25, -0.2) is 4.98 Å². The fourth-order valence-electron chi connectivity index (χ4n) is 2.83. The lowest BCUT2D eigenvalue weighted by Crippen LogP contribution is -2.36. The molecule has 3 rings (SSSR count). The molecule has 0 atom stereocenters. The molecule has 2 N–H and O–H groups in total. The zero-order chi connectivity index (χ0) is 19.9. The van der Waals surface area contributed by atoms with E-state index < -0.39 is 0 Å². The van der Waals surface area contributed by atoms with E-state index in [0.29, 0.717) is 47.1 Å². The van der Waals surface area contributed by atoms with Crippen molar-refractivity contribution in [3.63, 3.8) is 0 Å². The Kier molecular flexibility index (Phi) is 6.76. The van der Waals surface area contributed by atoms with E-state index in [1.54, 1.807) is 49.6 Å². The summed E-state index contributed by atoms with van der Waals surface area (Å²) in [6.07, 6.45) is 0. The number of nitrogens with zero attached hydrogens (tertiary/aromatic N) is 2. The van der Waals surface area contributed by atoms with Crippen LogP contribution in [-0.2, 0) is 16.1 Å². The van der Waals surface area contributed by atoms with Gasteiger partial charge in [-0.3, -0.25) is 14.5 Å². The van der Waals surface area contributed by atoms with Gasteiger partial charge in [0.1, 0.15) is 5.82 Å². The zero-order valence-corrected chi connectivity index (χ0v) is 16.2. The van der Waals surface area contributed by atoms with Gasteiger partial charge in [0.15, 0.2) is 0 Å². The summed E-state index contributed by atoms with van der Waals surface area (Å²) in [5.41, 5.74) is 1.05. The Bertz CT molecular complexity index is 1020. The fourth-order valence-corrected chi connectivity index (χ4v) is 3.02. The van der Waals surface area contributed by atoms with Gasteiger partial charge in [-0.2, -0.15) is 0 Å². The van der Waals surface area contributed by atoms with Gasteiger partial charge in [0.05, 0.1) is 30.6 Å². The van der Waals surface area contributed by atoms with Crippen LogP contribution < -0.4 is 10.9 Å². The van der Waals surface area contributed by atoms with Crippen LogP contribution in [0.3, 0.4) is 0 Å². The minimum Gasteiger partial charge on any atom is -0.383 e. The minimum atomic E-state index is -0.198. The molecule has 146 valence electrons. The lowest BCUT2D eigenvalue weighted by atomic mass is 10.2. The highest BCUT2D eigenvalue weighted by Gasteiger charge is 2.14. The second kappa shape index (κ2) is 9.45. The van der Waals surface area contributed by atoms with Crippen LogP contribution in [0.2, 0.25) is 5.02 Å². The van der Waals surface area contributed by atoms with Crippen LogP contribution >= 0.6 is 11.6 Å². The highest BCUT2D eigenvalue weighted by molar-refractivity contribution is 6.30. The summed E-state index contributed by atoms with van der Waals surface area (Å²) in [4.78, 5) is 33.8. The summed E-state index contributed by atoms with van der Waals surface area (Å²) in [5.74, 6) is 0.303. The summed E-state index contributed by atoms with van der Waals surface area (Å²) in [6.45, 7) is 1.39. The zero-order valence-electron chi connectivity index (χ0n) is 15.4. The predicted octanol–water partition coefficient (Wildman–Crippen LogP) is 2.66. The monoisotopic (exact) mass is 400 g/mol. The summed E-state index contributed by atoms with van der Waals surface area (Å²) in [7, 11) is 1.60. The molecule has 28 heavy (non-hydrogen) atoms. The lowest BCUT2D eigenvalue weighted by molar-refractivity contribution is -0.117. The molecular weight excluding hydrogens is 380 g/mol. The molecule has 7 nitrogen and oxygen atoms in total. The maximum absolute atomic E-state index is 12.4. The number of rotatable bonds is 8. The minimum absolute atomic E-state index is 0.117. The second-order valence-electron chi connectivity index (χ2n) is 6.29. The second-order valence-corrected chi connectivity index (χ2v) is 6.73. The number of aromatic nitrogens is 2. The van der Waals surface area contributed by atoms with Crippen LogP contribution in [0.4, 0.5) is 5.69 Å². The van der Waals surface area contributed by atoms with Crippen molar-refractivity contribution in [3.8, 4) is 0 Å². The first-order valence-corrected chi connectivity index (χ1v) is 9.17. The molecule has 0 spiro atoms. The molecule has 2 aromatic carbocycles. The molecule has 0 aliphatic carbocycles. The maximum atomic E-state index is 12.4. The first-order valence-electron chi connectivity index (χ1n) is 8.80. The SMILES string of the molecule is COCCN(CC(=O)Nc1cccc(Cl)c1)Cc1nc2ccccc2c(=O)[nH]1. The molecule has 1 heterocycles. The number of hydrogen-bond donors (Lipinski definition) is 2. The number of benzene rings is 2. The van der Waals surface area contributed by atoms with Crippen molar-refractivity contribution in [1.82, 2.24) is 14.9 Å². The fraction of sp³-hybridized carbons (Fsp3) is 0.250. The Morgan fingerprint density at radius 2 is 2.07 bits per heavy atom. The number of halogens is 1. The van der Waals surface area contributed by atoms with Crippen molar-refractivity contribution in [3.05, 3.63) is 69.7 Å². The molecule has 8 heteroatoms. The number of amides is 1. The first-order chi connectivity index (χ1) is 13.5. The largest absolute Gasteiger partial charge is 0.383 e. The van der Waals surface area contributed by atoms with Crippen LogP contribution in [-0.4, -0.2) is 47.6 Å². The van der Waals surface area contributed by atoms with Crippen molar-refractivity contribution in [1.29, 1.82) is 0 Å². The molecular formula is C20H21ClN4O3. The third-order valence-electron chi connectivity index (χ3n) is 4.12. The number of carbonyl (C=O) groups excluding carboxylic acids is 1. The van der Waals surface area contributed by atoms with Crippen LogP contribution in [0.1, 0.15) is 5.82 Å². The lowest BCUT2D eigenvalue weighted by Gasteiger charge is -2.21. The van der Waals surface area contributed by atoms with Gasteiger partial charge in [0.2, 0.25) is 5.91 Å². The number of hydrogen-bond acceptors (Lipinski definition) is 5. The molecule has 0 saturated carbocycles. The molecule has 3 aromatic rings. The average molecular weight is 401 g/mol. The Morgan fingerprint density at radius 3 is 2.86 bits per heavy atom. The van der Waals surface area contributed by atoms with Crippen LogP contribution in [0.15, 0.2) is 53.3 Å². The normalized spacial score (nSPS) is 11.1. The average Bonchev–Trinajstić information content (AvgIpc) is 2.66. The summed E-state index contributed by atoms with van der Waals surface area (Å²) < 4.78 is 5.14. The number of methoxy groups -OCH3 is 1. The van der Waals surface area contributed by atoms with Gasteiger partial charge >= 0.3 is 0 Å². The molecule has 1 amide bonds. The van der Waals surface area contributed by atoms with Crippen molar-refractivity contribution >= 4 is 34.1 Å². The first kappa shape index (κ1) is 20.0. The number of anilines is 1. The molecule has 0 aliphatic rings. The molecule has 0 bridgehead atoms. The Morgan fingerprint density at radius 1 is 1.25 bits per heavy atom. The van der Waals surface area contributed by atoms with Gasteiger partial charge in [-0.1, -0.05) is 29.8 Å².